The fourth-order valence-corrected chi connectivity index (χ4v) is 3.13. The van der Waals surface area contributed by atoms with Crippen molar-refractivity contribution in [3.05, 3.63) is 55.9 Å². The summed E-state index contributed by atoms with van der Waals surface area (Å²) in [5, 5.41) is 39.5. The van der Waals surface area contributed by atoms with Gasteiger partial charge in [0, 0.05) is 12.1 Å². The molecule has 168 valence electrons. The largest absolute Gasteiger partial charge is 0.510 e. The number of hydrogen-bond acceptors (Lipinski definition) is 11. The predicted molar refractivity (Wildman–Crippen MR) is 111 cm³/mol. The van der Waals surface area contributed by atoms with Crippen molar-refractivity contribution in [3.63, 3.8) is 0 Å². The molecule has 0 unspecified atom stereocenters. The number of carboxylic acids is 1. The Bertz CT molecular complexity index is 1150. The van der Waals surface area contributed by atoms with Crippen LogP contribution in [0.1, 0.15) is 39.6 Å². The number of carbonyl (C=O) groups excluding carboxylic acids is 2. The van der Waals surface area contributed by atoms with E-state index in [1.807, 2.05) is 0 Å². The molecule has 0 aliphatic rings. The summed E-state index contributed by atoms with van der Waals surface area (Å²) in [4.78, 5) is 50.1. The van der Waals surface area contributed by atoms with Gasteiger partial charge in [-0.05, 0) is 26.8 Å². The molecular weight excluding hydrogens is 446 g/mol. The first kappa shape index (κ1) is 24.1. The summed E-state index contributed by atoms with van der Waals surface area (Å²) >= 11 is 0.854. The fraction of sp³-hybridized carbons (Fsp3) is 0.222. The average Bonchev–Trinajstić information content (AvgIpc) is 3.07. The molecule has 14 heteroatoms. The number of carboxylic acid groups (broad SMARTS) is 1. The minimum atomic E-state index is -1.50. The van der Waals surface area contributed by atoms with Gasteiger partial charge in [0.15, 0.2) is 10.8 Å². The van der Waals surface area contributed by atoms with Crippen molar-refractivity contribution in [1.29, 1.82) is 0 Å². The number of nitrogens with one attached hydrogen (secondary N) is 1. The molecule has 1 aromatic carbocycles. The summed E-state index contributed by atoms with van der Waals surface area (Å²) in [5.74, 6) is -3.57. The molecule has 13 nitrogen and oxygen atoms in total. The van der Waals surface area contributed by atoms with Crippen LogP contribution in [-0.2, 0) is 9.53 Å². The third-order valence-corrected chi connectivity index (χ3v) is 4.77. The van der Waals surface area contributed by atoms with Crippen molar-refractivity contribution in [1.82, 2.24) is 4.98 Å². The molecule has 0 spiro atoms. The van der Waals surface area contributed by atoms with Crippen molar-refractivity contribution < 1.29 is 34.3 Å². The van der Waals surface area contributed by atoms with Gasteiger partial charge >= 0.3 is 11.9 Å². The number of rotatable bonds is 8. The van der Waals surface area contributed by atoms with E-state index in [0.717, 1.165) is 36.5 Å². The van der Waals surface area contributed by atoms with Crippen molar-refractivity contribution >= 4 is 45.7 Å². The zero-order valence-electron chi connectivity index (χ0n) is 17.0. The summed E-state index contributed by atoms with van der Waals surface area (Å²) in [6.07, 6.45) is 0. The van der Waals surface area contributed by atoms with E-state index in [4.69, 9.17) is 4.74 Å². The number of aliphatic hydroxyl groups is 1. The lowest BCUT2D eigenvalue weighted by atomic mass is 10.1. The Morgan fingerprint density at radius 3 is 2.56 bits per heavy atom. The van der Waals surface area contributed by atoms with E-state index in [1.165, 1.54) is 0 Å². The SMILES string of the molecule is CCOC(=O)c1sc(NC(=O)/C(N=Nc2ccc([N+](=O)[O-])cc2C(=O)O)=C(/C)O)nc1C. The zero-order chi connectivity index (χ0) is 24.0. The number of thiazole rings is 1. The van der Waals surface area contributed by atoms with Crippen LogP contribution in [0.4, 0.5) is 16.5 Å². The molecule has 0 aliphatic heterocycles. The van der Waals surface area contributed by atoms with Gasteiger partial charge in [-0.3, -0.25) is 20.2 Å². The number of aliphatic hydroxyl groups excluding tert-OH is 1. The van der Waals surface area contributed by atoms with E-state index in [9.17, 15) is 34.7 Å². The second-order valence-corrected chi connectivity index (χ2v) is 7.00. The summed E-state index contributed by atoms with van der Waals surface area (Å²) in [5.41, 5.74) is -1.50. The monoisotopic (exact) mass is 463 g/mol. The molecule has 0 fully saturated rings. The first-order chi connectivity index (χ1) is 15.0. The van der Waals surface area contributed by atoms with Crippen molar-refractivity contribution in [2.75, 3.05) is 11.9 Å². The smallest absolute Gasteiger partial charge is 0.350 e. The second-order valence-electron chi connectivity index (χ2n) is 6.01. The number of nitro benzene ring substituents is 1. The first-order valence-corrected chi connectivity index (χ1v) is 9.66. The molecule has 1 amide bonds. The molecule has 1 heterocycles. The van der Waals surface area contributed by atoms with Crippen LogP contribution < -0.4 is 5.32 Å². The van der Waals surface area contributed by atoms with E-state index in [1.54, 1.807) is 13.8 Å². The number of aromatic nitrogens is 1. The first-order valence-electron chi connectivity index (χ1n) is 8.84. The van der Waals surface area contributed by atoms with Crippen molar-refractivity contribution in [3.8, 4) is 0 Å². The average molecular weight is 463 g/mol. The lowest BCUT2D eigenvalue weighted by Gasteiger charge is -2.04. The molecular formula is C18H17N5O8S. The maximum Gasteiger partial charge on any atom is 0.350 e. The number of carbonyl (C=O) groups is 3. The number of benzene rings is 1. The van der Waals surface area contributed by atoms with Gasteiger partial charge in [0.2, 0.25) is 0 Å². The van der Waals surface area contributed by atoms with Crippen LogP contribution in [0, 0.1) is 17.0 Å². The minimum Gasteiger partial charge on any atom is -0.510 e. The molecule has 0 atom stereocenters. The van der Waals surface area contributed by atoms with Crippen LogP contribution in [0.2, 0.25) is 0 Å². The van der Waals surface area contributed by atoms with E-state index < -0.39 is 45.5 Å². The molecule has 3 N–H and O–H groups in total. The Morgan fingerprint density at radius 1 is 1.31 bits per heavy atom. The van der Waals surface area contributed by atoms with Gasteiger partial charge in [-0.2, -0.15) is 0 Å². The topological polar surface area (TPSA) is 194 Å². The molecule has 0 aliphatic carbocycles. The Balaban J connectivity index is 2.30. The number of aryl methyl sites for hydroxylation is 1. The lowest BCUT2D eigenvalue weighted by Crippen LogP contribution is -2.14. The number of hydrogen-bond donors (Lipinski definition) is 3. The number of amides is 1. The lowest BCUT2D eigenvalue weighted by molar-refractivity contribution is -0.384. The van der Waals surface area contributed by atoms with Gasteiger partial charge in [-0.25, -0.2) is 14.6 Å². The Morgan fingerprint density at radius 2 is 2.00 bits per heavy atom. The van der Waals surface area contributed by atoms with Gasteiger partial charge in [-0.1, -0.05) is 11.3 Å². The third-order valence-electron chi connectivity index (χ3n) is 3.71. The number of ether oxygens (including phenoxy) is 1. The highest BCUT2D eigenvalue weighted by atomic mass is 32.1. The minimum absolute atomic E-state index is 0.0334. The van der Waals surface area contributed by atoms with Crippen LogP contribution >= 0.6 is 11.3 Å². The maximum atomic E-state index is 12.5. The zero-order valence-corrected chi connectivity index (χ0v) is 17.8. The highest BCUT2D eigenvalue weighted by Crippen LogP contribution is 2.27. The highest BCUT2D eigenvalue weighted by molar-refractivity contribution is 7.17. The molecule has 0 bridgehead atoms. The Kier molecular flexibility index (Phi) is 7.68. The third kappa shape index (κ3) is 5.69. The van der Waals surface area contributed by atoms with Crippen LogP contribution in [0.5, 0.6) is 0 Å². The van der Waals surface area contributed by atoms with Gasteiger partial charge < -0.3 is 14.9 Å². The fourth-order valence-electron chi connectivity index (χ4n) is 2.27. The normalized spacial score (nSPS) is 11.7. The van der Waals surface area contributed by atoms with Crippen LogP contribution in [0.3, 0.4) is 0 Å². The number of esters is 1. The number of anilines is 1. The number of allylic oxidation sites excluding steroid dienone is 1. The van der Waals surface area contributed by atoms with E-state index in [2.05, 4.69) is 20.5 Å². The van der Waals surface area contributed by atoms with Gasteiger partial charge in [0.1, 0.15) is 16.3 Å². The molecule has 32 heavy (non-hydrogen) atoms. The predicted octanol–water partition coefficient (Wildman–Crippen LogP) is 3.75. The van der Waals surface area contributed by atoms with Gasteiger partial charge in [-0.15, -0.1) is 10.2 Å². The maximum absolute atomic E-state index is 12.5. The second kappa shape index (κ2) is 10.2. The summed E-state index contributed by atoms with van der Waals surface area (Å²) in [7, 11) is 0. The van der Waals surface area contributed by atoms with Crippen molar-refractivity contribution in [2.24, 2.45) is 10.2 Å². The summed E-state index contributed by atoms with van der Waals surface area (Å²) in [6.45, 7) is 4.51. The Hall–Kier alpha value is -4.20. The number of non-ortho nitro benzene ring substituents is 1. The van der Waals surface area contributed by atoms with Crippen molar-refractivity contribution in [2.45, 2.75) is 20.8 Å². The quantitative estimate of drug-likeness (QED) is 0.130. The number of nitrogens with zero attached hydrogens (tertiary/aromatic N) is 4. The standard InChI is InChI=1S/C18H17N5O8S/c1-4-31-17(28)14-8(2)19-18(32-14)20-15(25)13(9(3)24)22-21-12-6-5-10(23(29)30)7-11(12)16(26)27/h5-7,24H,4H2,1-3H3,(H,26,27)(H,19,20,25)/b13-9+,22-21?. The number of azo groups is 1. The summed E-state index contributed by atoms with van der Waals surface area (Å²) in [6, 6.07) is 2.86. The molecule has 0 saturated heterocycles. The molecule has 1 aromatic heterocycles. The van der Waals surface area contributed by atoms with E-state index in [-0.39, 0.29) is 22.3 Å². The highest BCUT2D eigenvalue weighted by Gasteiger charge is 2.21. The summed E-state index contributed by atoms with van der Waals surface area (Å²) < 4.78 is 4.90. The molecule has 2 rings (SSSR count). The van der Waals surface area contributed by atoms with E-state index in [0.29, 0.717) is 5.69 Å². The molecule has 0 radical (unpaired) electrons. The van der Waals surface area contributed by atoms with Crippen LogP contribution in [-0.4, -0.2) is 44.6 Å². The molecule has 0 saturated carbocycles. The number of nitro groups is 1. The van der Waals surface area contributed by atoms with Gasteiger partial charge in [0.25, 0.3) is 11.6 Å². The number of aromatic carboxylic acids is 1. The Labute approximate surface area is 184 Å². The van der Waals surface area contributed by atoms with E-state index >= 15 is 0 Å². The molecule has 2 aromatic rings. The van der Waals surface area contributed by atoms with Crippen LogP contribution in [0.25, 0.3) is 0 Å². The van der Waals surface area contributed by atoms with Crippen LogP contribution in [0.15, 0.2) is 39.9 Å². The van der Waals surface area contributed by atoms with Gasteiger partial charge in [0.05, 0.1) is 22.8 Å².